The molecule has 1 N–H and O–H groups in total. The van der Waals surface area contributed by atoms with Gasteiger partial charge in [0.25, 0.3) is 11.6 Å². The van der Waals surface area contributed by atoms with Crippen LogP contribution in [0.2, 0.25) is 0 Å². The molecule has 0 bridgehead atoms. The number of rotatable bonds is 10. The number of hydrazone groups is 1. The minimum atomic E-state index is -0.950. The van der Waals surface area contributed by atoms with E-state index in [1.165, 1.54) is 57.7 Å². The van der Waals surface area contributed by atoms with Crippen LogP contribution < -0.4 is 24.4 Å². The Bertz CT molecular complexity index is 1580. The van der Waals surface area contributed by atoms with Gasteiger partial charge in [0.1, 0.15) is 11.5 Å². The summed E-state index contributed by atoms with van der Waals surface area (Å²) in [6, 6.07) is 20.9. The molecule has 0 radical (unpaired) electrons. The van der Waals surface area contributed by atoms with Gasteiger partial charge in [-0.1, -0.05) is 30.3 Å². The van der Waals surface area contributed by atoms with Crippen molar-refractivity contribution in [1.82, 2.24) is 5.43 Å². The average Bonchev–Trinajstić information content (AvgIpc) is 2.97. The zero-order valence-corrected chi connectivity index (χ0v) is 21.8. The van der Waals surface area contributed by atoms with Crippen molar-refractivity contribution in [3.8, 4) is 23.0 Å². The van der Waals surface area contributed by atoms with Gasteiger partial charge in [-0.25, -0.2) is 10.2 Å². The number of non-ortho nitro benzene ring substituents is 1. The number of ether oxygens (including phenoxy) is 4. The molecule has 4 aromatic rings. The van der Waals surface area contributed by atoms with Crippen LogP contribution in [0.4, 0.5) is 5.69 Å². The lowest BCUT2D eigenvalue weighted by molar-refractivity contribution is -0.384. The van der Waals surface area contributed by atoms with E-state index in [0.717, 1.165) is 10.8 Å². The average molecular weight is 544 g/mol. The normalized spacial score (nSPS) is 11.6. The van der Waals surface area contributed by atoms with Gasteiger partial charge in [-0.15, -0.1) is 0 Å². The predicted molar refractivity (Wildman–Crippen MR) is 147 cm³/mol. The molecule has 11 heteroatoms. The van der Waals surface area contributed by atoms with Crippen LogP contribution in [0, 0.1) is 10.1 Å². The van der Waals surface area contributed by atoms with Gasteiger partial charge in [0.05, 0.1) is 30.9 Å². The molecule has 0 spiro atoms. The van der Waals surface area contributed by atoms with Crippen molar-refractivity contribution in [3.63, 3.8) is 0 Å². The lowest BCUT2D eigenvalue weighted by Gasteiger charge is -2.13. The molecule has 204 valence electrons. The number of methoxy groups -OCH3 is 2. The molecule has 0 saturated heterocycles. The van der Waals surface area contributed by atoms with Gasteiger partial charge >= 0.3 is 5.97 Å². The van der Waals surface area contributed by atoms with Crippen molar-refractivity contribution in [2.24, 2.45) is 5.10 Å². The first-order chi connectivity index (χ1) is 19.3. The molecule has 1 amide bonds. The maximum Gasteiger partial charge on any atom is 0.343 e. The molecular weight excluding hydrogens is 518 g/mol. The van der Waals surface area contributed by atoms with Crippen LogP contribution in [0.1, 0.15) is 22.8 Å². The molecule has 0 aliphatic rings. The highest BCUT2D eigenvalue weighted by molar-refractivity contribution is 6.04. The molecule has 1 unspecified atom stereocenters. The number of amides is 1. The number of fused-ring (bicyclic) bond motifs is 1. The standard InChI is InChI=1S/C29H25N3O8/c1-18(39-22-12-10-21(11-13-22)32(35)36)28(33)31-30-17-24-23-7-5-4-6-19(23)8-14-25(24)40-29(34)20-9-15-26(37-2)27(16-20)38-3/h4-18H,1-3H3,(H,31,33). The van der Waals surface area contributed by atoms with Gasteiger partial charge in [0.2, 0.25) is 0 Å². The maximum atomic E-state index is 13.0. The molecule has 0 aromatic heterocycles. The predicted octanol–water partition coefficient (Wildman–Crippen LogP) is 4.90. The summed E-state index contributed by atoms with van der Waals surface area (Å²) < 4.78 is 21.8. The number of benzene rings is 4. The molecule has 0 aliphatic heterocycles. The lowest BCUT2D eigenvalue weighted by atomic mass is 10.0. The molecule has 4 aromatic carbocycles. The number of hydrogen-bond acceptors (Lipinski definition) is 9. The van der Waals surface area contributed by atoms with Crippen molar-refractivity contribution in [3.05, 3.63) is 100 Å². The Morgan fingerprint density at radius 3 is 2.33 bits per heavy atom. The Morgan fingerprint density at radius 2 is 1.62 bits per heavy atom. The second-order valence-electron chi connectivity index (χ2n) is 8.40. The Kier molecular flexibility index (Phi) is 8.55. The van der Waals surface area contributed by atoms with Crippen molar-refractivity contribution < 1.29 is 33.5 Å². The van der Waals surface area contributed by atoms with E-state index in [1.807, 2.05) is 30.3 Å². The van der Waals surface area contributed by atoms with Crippen LogP contribution in [-0.4, -0.2) is 43.3 Å². The minimum absolute atomic E-state index is 0.0909. The molecular formula is C29H25N3O8. The Labute approximate surface area is 229 Å². The van der Waals surface area contributed by atoms with E-state index >= 15 is 0 Å². The van der Waals surface area contributed by atoms with Crippen molar-refractivity contribution in [1.29, 1.82) is 0 Å². The van der Waals surface area contributed by atoms with Gasteiger partial charge in [0, 0.05) is 17.7 Å². The number of nitro groups is 1. The number of esters is 1. The zero-order valence-electron chi connectivity index (χ0n) is 21.8. The number of carbonyl (C=O) groups is 2. The van der Waals surface area contributed by atoms with Crippen molar-refractivity contribution >= 4 is 34.6 Å². The third kappa shape index (κ3) is 6.33. The van der Waals surface area contributed by atoms with E-state index in [0.29, 0.717) is 17.1 Å². The number of nitrogens with zero attached hydrogens (tertiary/aromatic N) is 2. The summed E-state index contributed by atoms with van der Waals surface area (Å²) in [4.78, 5) is 35.8. The smallest absolute Gasteiger partial charge is 0.343 e. The van der Waals surface area contributed by atoms with E-state index in [2.05, 4.69) is 10.5 Å². The van der Waals surface area contributed by atoms with Crippen LogP contribution in [0.15, 0.2) is 84.0 Å². The van der Waals surface area contributed by atoms with Gasteiger partial charge in [-0.05, 0) is 54.1 Å². The second-order valence-corrected chi connectivity index (χ2v) is 8.40. The number of nitro benzene ring substituents is 1. The summed E-state index contributed by atoms with van der Waals surface area (Å²) in [7, 11) is 2.97. The molecule has 11 nitrogen and oxygen atoms in total. The fourth-order valence-corrected chi connectivity index (χ4v) is 3.78. The van der Waals surface area contributed by atoms with Crippen molar-refractivity contribution in [2.75, 3.05) is 14.2 Å². The first kappa shape index (κ1) is 27.6. The molecule has 4 rings (SSSR count). The number of carbonyl (C=O) groups excluding carboxylic acids is 2. The van der Waals surface area contributed by atoms with Gasteiger partial charge < -0.3 is 18.9 Å². The fourth-order valence-electron chi connectivity index (χ4n) is 3.78. The van der Waals surface area contributed by atoms with Crippen LogP contribution in [0.5, 0.6) is 23.0 Å². The summed E-state index contributed by atoms with van der Waals surface area (Å²) >= 11 is 0. The van der Waals surface area contributed by atoms with Crippen molar-refractivity contribution in [2.45, 2.75) is 13.0 Å². The van der Waals surface area contributed by atoms with Crippen LogP contribution in [0.25, 0.3) is 10.8 Å². The maximum absolute atomic E-state index is 13.0. The number of nitrogens with one attached hydrogen (secondary N) is 1. The van der Waals surface area contributed by atoms with E-state index in [-0.39, 0.29) is 22.7 Å². The van der Waals surface area contributed by atoms with Crippen LogP contribution in [0.3, 0.4) is 0 Å². The monoisotopic (exact) mass is 543 g/mol. The Hall–Kier alpha value is -5.45. The first-order valence-corrected chi connectivity index (χ1v) is 12.0. The Balaban J connectivity index is 1.52. The summed E-state index contributed by atoms with van der Waals surface area (Å²) in [5.41, 5.74) is 3.04. The van der Waals surface area contributed by atoms with Gasteiger partial charge in [0.15, 0.2) is 17.6 Å². The molecule has 40 heavy (non-hydrogen) atoms. The highest BCUT2D eigenvalue weighted by atomic mass is 16.6. The van der Waals surface area contributed by atoms with E-state index in [4.69, 9.17) is 18.9 Å². The lowest BCUT2D eigenvalue weighted by Crippen LogP contribution is -2.33. The molecule has 0 heterocycles. The summed E-state index contributed by atoms with van der Waals surface area (Å²) in [6.07, 6.45) is 0.434. The second kappa shape index (κ2) is 12.4. The van der Waals surface area contributed by atoms with E-state index in [9.17, 15) is 19.7 Å². The highest BCUT2D eigenvalue weighted by Gasteiger charge is 2.17. The Morgan fingerprint density at radius 1 is 0.925 bits per heavy atom. The first-order valence-electron chi connectivity index (χ1n) is 12.0. The zero-order chi connectivity index (χ0) is 28.6. The summed E-state index contributed by atoms with van der Waals surface area (Å²) in [6.45, 7) is 1.51. The minimum Gasteiger partial charge on any atom is -0.493 e. The topological polar surface area (TPSA) is 139 Å². The van der Waals surface area contributed by atoms with Gasteiger partial charge in [-0.3, -0.25) is 14.9 Å². The SMILES string of the molecule is COc1ccc(C(=O)Oc2ccc3ccccc3c2C=NNC(=O)C(C)Oc2ccc([N+](=O)[O-])cc2)cc1OC. The molecule has 1 atom stereocenters. The molecule has 0 saturated carbocycles. The third-order valence-electron chi connectivity index (χ3n) is 5.85. The van der Waals surface area contributed by atoms with Gasteiger partial charge in [-0.2, -0.15) is 5.10 Å². The van der Waals surface area contributed by atoms with Crippen LogP contribution in [-0.2, 0) is 4.79 Å². The molecule has 0 fully saturated rings. The fraction of sp³-hybridized carbons (Fsp3) is 0.138. The molecule has 0 aliphatic carbocycles. The highest BCUT2D eigenvalue weighted by Crippen LogP contribution is 2.30. The number of hydrogen-bond donors (Lipinski definition) is 1. The third-order valence-corrected chi connectivity index (χ3v) is 5.85. The largest absolute Gasteiger partial charge is 0.493 e. The van der Waals surface area contributed by atoms with E-state index < -0.39 is 22.9 Å². The van der Waals surface area contributed by atoms with E-state index in [1.54, 1.807) is 18.2 Å². The summed E-state index contributed by atoms with van der Waals surface area (Å²) in [5.74, 6) is 0.186. The quantitative estimate of drug-likeness (QED) is 0.0980. The summed E-state index contributed by atoms with van der Waals surface area (Å²) in [5, 5.41) is 16.5. The van der Waals surface area contributed by atoms with Crippen LogP contribution >= 0.6 is 0 Å².